The summed E-state index contributed by atoms with van der Waals surface area (Å²) in [6.07, 6.45) is 5.03. The van der Waals surface area contributed by atoms with E-state index in [2.05, 4.69) is 9.98 Å². The zero-order chi connectivity index (χ0) is 14.2. The van der Waals surface area contributed by atoms with Crippen LogP contribution in [-0.2, 0) is 0 Å². The number of benzene rings is 1. The van der Waals surface area contributed by atoms with Gasteiger partial charge < -0.3 is 16.6 Å². The molecule has 0 atom stereocenters. The molecule has 1 saturated carbocycles. The molecule has 0 radical (unpaired) electrons. The molecule has 0 amide bonds. The number of rotatable bonds is 1. The monoisotopic (exact) mass is 273 g/mol. The lowest BCUT2D eigenvalue weighted by Gasteiger charge is -2.45. The van der Waals surface area contributed by atoms with Gasteiger partial charge in [0, 0.05) is 0 Å². The zero-order valence-corrected chi connectivity index (χ0v) is 11.3. The van der Waals surface area contributed by atoms with E-state index in [1.165, 1.54) is 6.42 Å². The molecule has 1 aliphatic heterocycles. The fraction of sp³-hybridized carbons (Fsp3) is 0.429. The minimum atomic E-state index is -0.507. The number of nitrogens with two attached hydrogens (primary N) is 2. The van der Waals surface area contributed by atoms with E-state index in [0.717, 1.165) is 25.7 Å². The normalized spacial score (nSPS) is 21.5. The maximum atomic E-state index is 10.1. The van der Waals surface area contributed by atoms with E-state index in [9.17, 15) is 5.11 Å². The number of aliphatic imine (C=N–C) groups is 2. The second-order valence-electron chi connectivity index (χ2n) is 5.31. The Morgan fingerprint density at radius 2 is 1.80 bits per heavy atom. The van der Waals surface area contributed by atoms with Gasteiger partial charge in [0.1, 0.15) is 11.4 Å². The van der Waals surface area contributed by atoms with Gasteiger partial charge in [-0.15, -0.1) is 0 Å². The number of phenolic OH excluding ortho intramolecular Hbond substituents is 1. The van der Waals surface area contributed by atoms with Gasteiger partial charge in [0.25, 0.3) is 0 Å². The van der Waals surface area contributed by atoms with Crippen LogP contribution in [0.4, 0.5) is 5.69 Å². The maximum Gasteiger partial charge on any atom is 0.220 e. The van der Waals surface area contributed by atoms with E-state index in [1.807, 2.05) is 17.0 Å². The van der Waals surface area contributed by atoms with Gasteiger partial charge in [-0.1, -0.05) is 18.6 Å². The highest BCUT2D eigenvalue weighted by molar-refractivity contribution is 6.06. The summed E-state index contributed by atoms with van der Waals surface area (Å²) in [6, 6.07) is 7.10. The number of hydrogen-bond donors (Lipinski definition) is 3. The van der Waals surface area contributed by atoms with Crippen LogP contribution in [0.3, 0.4) is 0 Å². The number of guanidine groups is 2. The number of nitrogens with zero attached hydrogens (tertiary/aromatic N) is 3. The molecule has 1 aromatic rings. The van der Waals surface area contributed by atoms with Crippen molar-refractivity contribution in [3.8, 4) is 5.75 Å². The first-order valence-electron chi connectivity index (χ1n) is 6.90. The van der Waals surface area contributed by atoms with Crippen LogP contribution in [0, 0.1) is 0 Å². The summed E-state index contributed by atoms with van der Waals surface area (Å²) in [7, 11) is 0. The third-order valence-electron chi connectivity index (χ3n) is 3.97. The first-order chi connectivity index (χ1) is 9.62. The van der Waals surface area contributed by atoms with E-state index in [-0.39, 0.29) is 11.7 Å². The molecule has 0 unspecified atom stereocenters. The molecular weight excluding hydrogens is 254 g/mol. The van der Waals surface area contributed by atoms with Crippen LogP contribution in [0.5, 0.6) is 5.75 Å². The largest absolute Gasteiger partial charge is 0.506 e. The summed E-state index contributed by atoms with van der Waals surface area (Å²) >= 11 is 0. The molecular formula is C14H19N5O. The topological polar surface area (TPSA) is 100 Å². The van der Waals surface area contributed by atoms with Crippen molar-refractivity contribution in [3.63, 3.8) is 0 Å². The van der Waals surface area contributed by atoms with Crippen molar-refractivity contribution in [3.05, 3.63) is 24.3 Å². The molecule has 1 aromatic carbocycles. The van der Waals surface area contributed by atoms with E-state index >= 15 is 0 Å². The minimum absolute atomic E-state index is 0.172. The molecule has 6 nitrogen and oxygen atoms in total. The minimum Gasteiger partial charge on any atom is -0.506 e. The first kappa shape index (κ1) is 12.8. The van der Waals surface area contributed by atoms with Gasteiger partial charge in [-0.3, -0.25) is 4.90 Å². The summed E-state index contributed by atoms with van der Waals surface area (Å²) < 4.78 is 0. The van der Waals surface area contributed by atoms with Crippen LogP contribution in [0.15, 0.2) is 34.3 Å². The average Bonchev–Trinajstić information content (AvgIpc) is 2.41. The Bertz CT molecular complexity index is 575. The van der Waals surface area contributed by atoms with Crippen molar-refractivity contribution >= 4 is 17.6 Å². The number of phenols is 1. The van der Waals surface area contributed by atoms with E-state index in [0.29, 0.717) is 11.6 Å². The van der Waals surface area contributed by atoms with Crippen LogP contribution < -0.4 is 16.4 Å². The highest BCUT2D eigenvalue weighted by Crippen LogP contribution is 2.41. The fourth-order valence-corrected chi connectivity index (χ4v) is 3.12. The lowest BCUT2D eigenvalue weighted by Crippen LogP contribution is -2.58. The molecule has 1 aliphatic carbocycles. The molecule has 1 heterocycles. The van der Waals surface area contributed by atoms with Crippen molar-refractivity contribution in [1.82, 2.24) is 0 Å². The molecule has 3 rings (SSSR count). The standard InChI is InChI=1S/C14H19N5O/c15-12-17-13(16)19(10-6-2-3-7-11(10)20)14(18-12)8-4-1-5-9-14/h2-3,6-7,20H,1,4-5,8-9H2,(H4,15,16,17,18). The zero-order valence-electron chi connectivity index (χ0n) is 11.3. The molecule has 20 heavy (non-hydrogen) atoms. The second kappa shape index (κ2) is 4.70. The predicted molar refractivity (Wildman–Crippen MR) is 79.6 cm³/mol. The van der Waals surface area contributed by atoms with Crippen LogP contribution in [0.2, 0.25) is 0 Å². The third kappa shape index (κ3) is 1.97. The maximum absolute atomic E-state index is 10.1. The van der Waals surface area contributed by atoms with Crippen molar-refractivity contribution in [2.75, 3.05) is 4.90 Å². The number of aromatic hydroxyl groups is 1. The molecule has 0 aromatic heterocycles. The Hall–Kier alpha value is -2.24. The smallest absolute Gasteiger partial charge is 0.220 e. The number of para-hydroxylation sites is 2. The quantitative estimate of drug-likeness (QED) is 0.721. The molecule has 2 aliphatic rings. The van der Waals surface area contributed by atoms with Crippen LogP contribution in [0.25, 0.3) is 0 Å². The third-order valence-corrected chi connectivity index (χ3v) is 3.97. The highest BCUT2D eigenvalue weighted by Gasteiger charge is 2.43. The van der Waals surface area contributed by atoms with Crippen molar-refractivity contribution in [2.45, 2.75) is 37.8 Å². The van der Waals surface area contributed by atoms with E-state index in [1.54, 1.807) is 12.1 Å². The van der Waals surface area contributed by atoms with Crippen molar-refractivity contribution < 1.29 is 5.11 Å². The molecule has 6 heteroatoms. The Kier molecular flexibility index (Phi) is 3.00. The van der Waals surface area contributed by atoms with Gasteiger partial charge in [0.05, 0.1) is 5.69 Å². The average molecular weight is 273 g/mol. The van der Waals surface area contributed by atoms with E-state index in [4.69, 9.17) is 11.5 Å². The molecule has 1 spiro atoms. The summed E-state index contributed by atoms with van der Waals surface area (Å²) in [6.45, 7) is 0. The number of hydrogen-bond acceptors (Lipinski definition) is 6. The summed E-state index contributed by atoms with van der Waals surface area (Å²) in [5, 5.41) is 10.1. The van der Waals surface area contributed by atoms with Gasteiger partial charge >= 0.3 is 0 Å². The lowest BCUT2D eigenvalue weighted by atomic mass is 9.87. The summed E-state index contributed by atoms with van der Waals surface area (Å²) in [4.78, 5) is 10.5. The molecule has 0 saturated heterocycles. The van der Waals surface area contributed by atoms with Crippen molar-refractivity contribution in [2.24, 2.45) is 21.5 Å². The van der Waals surface area contributed by atoms with Gasteiger partial charge in [-0.25, -0.2) is 4.99 Å². The highest BCUT2D eigenvalue weighted by atomic mass is 16.3. The van der Waals surface area contributed by atoms with Crippen LogP contribution in [-0.4, -0.2) is 22.7 Å². The fourth-order valence-electron chi connectivity index (χ4n) is 3.12. The molecule has 1 fully saturated rings. The van der Waals surface area contributed by atoms with Gasteiger partial charge in [-0.05, 0) is 37.8 Å². The molecule has 0 bridgehead atoms. The first-order valence-corrected chi connectivity index (χ1v) is 6.90. The second-order valence-corrected chi connectivity index (χ2v) is 5.31. The summed E-state index contributed by atoms with van der Waals surface area (Å²) in [5.74, 6) is 0.684. The Labute approximate surface area is 117 Å². The number of anilines is 1. The molecule has 5 N–H and O–H groups in total. The van der Waals surface area contributed by atoms with Gasteiger partial charge in [0.15, 0.2) is 0 Å². The van der Waals surface area contributed by atoms with Crippen LogP contribution in [0.1, 0.15) is 32.1 Å². The van der Waals surface area contributed by atoms with Gasteiger partial charge in [-0.2, -0.15) is 4.99 Å². The Balaban J connectivity index is 2.11. The van der Waals surface area contributed by atoms with Gasteiger partial charge in [0.2, 0.25) is 11.9 Å². The summed E-state index contributed by atoms with van der Waals surface area (Å²) in [5.41, 5.74) is 12.0. The van der Waals surface area contributed by atoms with Crippen LogP contribution >= 0.6 is 0 Å². The Morgan fingerprint density at radius 1 is 1.10 bits per heavy atom. The predicted octanol–water partition coefficient (Wildman–Crippen LogP) is 1.50. The lowest BCUT2D eigenvalue weighted by molar-refractivity contribution is 0.303. The van der Waals surface area contributed by atoms with Crippen molar-refractivity contribution in [1.29, 1.82) is 0 Å². The Morgan fingerprint density at radius 3 is 2.50 bits per heavy atom. The van der Waals surface area contributed by atoms with E-state index < -0.39 is 5.66 Å². The molecule has 106 valence electrons. The SMILES string of the molecule is NC1=NC2(CCCCC2)N(c2ccccc2O)C(N)=N1.